The number of halogens is 2. The van der Waals surface area contributed by atoms with Gasteiger partial charge >= 0.3 is 0 Å². The van der Waals surface area contributed by atoms with Crippen LogP contribution in [-0.2, 0) is 4.79 Å². The molecule has 0 radical (unpaired) electrons. The van der Waals surface area contributed by atoms with Crippen molar-refractivity contribution in [2.45, 2.75) is 25.3 Å². The predicted octanol–water partition coefficient (Wildman–Crippen LogP) is 6.22. The molecule has 0 unspecified atom stereocenters. The topological polar surface area (TPSA) is 42.0 Å². The molecule has 3 nitrogen and oxygen atoms in total. The van der Waals surface area contributed by atoms with E-state index in [-0.39, 0.29) is 11.8 Å². The summed E-state index contributed by atoms with van der Waals surface area (Å²) in [5.41, 5.74) is 5.88. The first-order valence-electron chi connectivity index (χ1n) is 8.99. The number of ketones is 1. The zero-order valence-electron chi connectivity index (χ0n) is 14.4. The van der Waals surface area contributed by atoms with Crippen LogP contribution in [0, 0.1) is 0 Å². The van der Waals surface area contributed by atoms with Crippen molar-refractivity contribution >= 4 is 51.1 Å². The van der Waals surface area contributed by atoms with E-state index in [0.29, 0.717) is 16.5 Å². The maximum atomic E-state index is 13.0. The van der Waals surface area contributed by atoms with Gasteiger partial charge in [0, 0.05) is 44.9 Å². The number of rotatable bonds is 1. The van der Waals surface area contributed by atoms with Crippen molar-refractivity contribution in [1.29, 1.82) is 0 Å². The Morgan fingerprint density at radius 3 is 2.81 bits per heavy atom. The smallest absolute Gasteiger partial charge is 0.161 e. The average molecular weight is 395 g/mol. The lowest BCUT2D eigenvalue weighted by Crippen LogP contribution is -2.27. The Balaban J connectivity index is 1.79. The van der Waals surface area contributed by atoms with Gasteiger partial charge in [0.2, 0.25) is 0 Å². The van der Waals surface area contributed by atoms with E-state index in [2.05, 4.69) is 16.4 Å². The van der Waals surface area contributed by atoms with Crippen LogP contribution in [0.4, 0.5) is 5.69 Å². The number of fused-ring (bicyclic) bond motifs is 4. The highest BCUT2D eigenvalue weighted by Crippen LogP contribution is 2.48. The maximum absolute atomic E-state index is 13.0. The maximum Gasteiger partial charge on any atom is 0.161 e. The lowest BCUT2D eigenvalue weighted by atomic mass is 9.77. The molecule has 1 aromatic heterocycles. The fourth-order valence-electron chi connectivity index (χ4n) is 4.25. The molecule has 1 aliphatic carbocycles. The third kappa shape index (κ3) is 2.65. The van der Waals surface area contributed by atoms with Crippen molar-refractivity contribution in [1.82, 2.24) is 4.98 Å². The molecule has 0 spiro atoms. The van der Waals surface area contributed by atoms with E-state index in [1.165, 1.54) is 0 Å². The van der Waals surface area contributed by atoms with E-state index >= 15 is 0 Å². The fraction of sp³-hybridized carbons (Fsp3) is 0.182. The van der Waals surface area contributed by atoms with Crippen LogP contribution in [0.3, 0.4) is 0 Å². The number of benzene rings is 2. The zero-order valence-corrected chi connectivity index (χ0v) is 15.9. The van der Waals surface area contributed by atoms with E-state index in [9.17, 15) is 4.79 Å². The first kappa shape index (κ1) is 16.8. The SMILES string of the molecule is O=C1CCCC2=C1[C@H](c1ccc(Cl)cc1Cl)Nc1ccc3ncccc3c12. The van der Waals surface area contributed by atoms with Crippen LogP contribution < -0.4 is 5.32 Å². The molecule has 0 bridgehead atoms. The molecule has 0 saturated carbocycles. The van der Waals surface area contributed by atoms with Crippen LogP contribution in [0.5, 0.6) is 0 Å². The molecule has 0 saturated heterocycles. The second-order valence-corrected chi connectivity index (χ2v) is 7.81. The minimum absolute atomic E-state index is 0.186. The number of nitrogens with one attached hydrogen (secondary N) is 1. The first-order valence-corrected chi connectivity index (χ1v) is 9.75. The summed E-state index contributed by atoms with van der Waals surface area (Å²) in [4.78, 5) is 17.4. The molecule has 1 aliphatic heterocycles. The van der Waals surface area contributed by atoms with E-state index in [1.54, 1.807) is 12.3 Å². The van der Waals surface area contributed by atoms with Crippen molar-refractivity contribution < 1.29 is 4.79 Å². The standard InChI is InChI=1S/C22H16Cl2N2O/c23-12-6-7-13(16(24)11-12)22-21-15(3-1-5-19(21)27)20-14-4-2-10-25-17(14)8-9-18(20)26-22/h2,4,6-11,22,26H,1,3,5H2/t22-/m0/s1. The molecule has 0 fully saturated rings. The number of aromatic nitrogens is 1. The van der Waals surface area contributed by atoms with Crippen molar-refractivity contribution in [3.8, 4) is 0 Å². The van der Waals surface area contributed by atoms with Gasteiger partial charge < -0.3 is 5.32 Å². The van der Waals surface area contributed by atoms with Crippen molar-refractivity contribution in [2.24, 2.45) is 0 Å². The fourth-order valence-corrected chi connectivity index (χ4v) is 4.77. The molecule has 2 heterocycles. The second-order valence-electron chi connectivity index (χ2n) is 6.97. The molecule has 2 aromatic carbocycles. The molecule has 2 aliphatic rings. The number of hydrogen-bond acceptors (Lipinski definition) is 3. The van der Waals surface area contributed by atoms with Crippen LogP contribution in [0.2, 0.25) is 10.0 Å². The van der Waals surface area contributed by atoms with Crippen molar-refractivity contribution in [2.75, 3.05) is 5.32 Å². The minimum atomic E-state index is -0.265. The van der Waals surface area contributed by atoms with Gasteiger partial charge in [-0.05, 0) is 54.3 Å². The van der Waals surface area contributed by atoms with E-state index in [4.69, 9.17) is 23.2 Å². The molecule has 5 heteroatoms. The summed E-state index contributed by atoms with van der Waals surface area (Å²) < 4.78 is 0. The van der Waals surface area contributed by atoms with Crippen LogP contribution in [0.1, 0.15) is 36.4 Å². The number of carbonyl (C=O) groups excluding carboxylic acids is 1. The van der Waals surface area contributed by atoms with Gasteiger partial charge in [-0.3, -0.25) is 9.78 Å². The van der Waals surface area contributed by atoms with Crippen LogP contribution in [0.15, 0.2) is 54.2 Å². The molecule has 1 N–H and O–H groups in total. The summed E-state index contributed by atoms with van der Waals surface area (Å²) in [6, 6.07) is 13.3. The van der Waals surface area contributed by atoms with Crippen molar-refractivity contribution in [3.05, 3.63) is 75.4 Å². The lowest BCUT2D eigenvalue weighted by molar-refractivity contribution is -0.116. The zero-order chi connectivity index (χ0) is 18.5. The van der Waals surface area contributed by atoms with Gasteiger partial charge in [0.1, 0.15) is 0 Å². The van der Waals surface area contributed by atoms with Gasteiger partial charge in [0.25, 0.3) is 0 Å². The third-order valence-electron chi connectivity index (χ3n) is 5.41. The summed E-state index contributed by atoms with van der Waals surface area (Å²) in [6.07, 6.45) is 4.11. The van der Waals surface area contributed by atoms with Crippen LogP contribution in [0.25, 0.3) is 16.5 Å². The highest BCUT2D eigenvalue weighted by Gasteiger charge is 2.35. The van der Waals surface area contributed by atoms with Crippen LogP contribution >= 0.6 is 23.2 Å². The molecule has 27 heavy (non-hydrogen) atoms. The molecule has 1 atom stereocenters. The monoisotopic (exact) mass is 394 g/mol. The number of carbonyl (C=O) groups is 1. The number of pyridine rings is 1. The second kappa shape index (κ2) is 6.36. The van der Waals surface area contributed by atoms with Gasteiger partial charge in [-0.2, -0.15) is 0 Å². The Bertz CT molecular complexity index is 1140. The highest BCUT2D eigenvalue weighted by molar-refractivity contribution is 6.35. The van der Waals surface area contributed by atoms with E-state index < -0.39 is 0 Å². The molecular formula is C22H16Cl2N2O. The average Bonchev–Trinajstić information content (AvgIpc) is 2.67. The van der Waals surface area contributed by atoms with Gasteiger partial charge in [-0.25, -0.2) is 0 Å². The van der Waals surface area contributed by atoms with E-state index in [0.717, 1.165) is 51.7 Å². The molecular weight excluding hydrogens is 379 g/mol. The number of anilines is 1. The molecule has 5 rings (SSSR count). The largest absolute Gasteiger partial charge is 0.373 e. The van der Waals surface area contributed by atoms with Gasteiger partial charge in [0.15, 0.2) is 5.78 Å². The van der Waals surface area contributed by atoms with Gasteiger partial charge in [-0.15, -0.1) is 0 Å². The summed E-state index contributed by atoms with van der Waals surface area (Å²) in [7, 11) is 0. The number of Topliss-reactive ketones (excluding diaryl/α,β-unsaturated/α-hetero) is 1. The summed E-state index contributed by atoms with van der Waals surface area (Å²) in [6.45, 7) is 0. The Hall–Kier alpha value is -2.36. The molecule has 3 aromatic rings. The number of nitrogens with zero attached hydrogens (tertiary/aromatic N) is 1. The van der Waals surface area contributed by atoms with Crippen LogP contribution in [-0.4, -0.2) is 10.8 Å². The van der Waals surface area contributed by atoms with Gasteiger partial charge in [0.05, 0.1) is 11.6 Å². The number of hydrogen-bond donors (Lipinski definition) is 1. The van der Waals surface area contributed by atoms with Crippen molar-refractivity contribution in [3.63, 3.8) is 0 Å². The third-order valence-corrected chi connectivity index (χ3v) is 5.97. The first-order chi connectivity index (χ1) is 13.1. The predicted molar refractivity (Wildman–Crippen MR) is 110 cm³/mol. The van der Waals surface area contributed by atoms with Gasteiger partial charge in [-0.1, -0.05) is 35.3 Å². The van der Waals surface area contributed by atoms with E-state index in [1.807, 2.05) is 30.3 Å². The Kier molecular flexibility index (Phi) is 3.96. The lowest BCUT2D eigenvalue weighted by Gasteiger charge is -2.35. The quantitative estimate of drug-likeness (QED) is 0.532. The summed E-state index contributed by atoms with van der Waals surface area (Å²) in [5, 5.41) is 5.79. The Morgan fingerprint density at radius 1 is 1.07 bits per heavy atom. The summed E-state index contributed by atoms with van der Waals surface area (Å²) in [5.74, 6) is 0.186. The summed E-state index contributed by atoms with van der Waals surface area (Å²) >= 11 is 12.6. The Labute approximate surface area is 167 Å². The molecule has 134 valence electrons. The minimum Gasteiger partial charge on any atom is -0.373 e. The molecule has 0 amide bonds. The number of allylic oxidation sites excluding steroid dienone is 1. The normalized spacial score (nSPS) is 18.9. The highest BCUT2D eigenvalue weighted by atomic mass is 35.5. The Morgan fingerprint density at radius 2 is 1.96 bits per heavy atom.